The average molecular weight is 392 g/mol. The van der Waals surface area contributed by atoms with E-state index in [2.05, 4.69) is 15.0 Å². The molecular formula is C18H18ClN3O3S. The van der Waals surface area contributed by atoms with Crippen molar-refractivity contribution in [3.8, 4) is 0 Å². The van der Waals surface area contributed by atoms with Gasteiger partial charge in [0.05, 0.1) is 11.4 Å². The van der Waals surface area contributed by atoms with Gasteiger partial charge >= 0.3 is 0 Å². The molecule has 0 fully saturated rings. The highest BCUT2D eigenvalue weighted by atomic mass is 35.5. The molecule has 1 aliphatic rings. The number of aliphatic imine (C=N–C) groups is 1. The van der Waals surface area contributed by atoms with Gasteiger partial charge in [-0.2, -0.15) is 0 Å². The number of carbonyl (C=O) groups excluding carboxylic acids is 1. The molecule has 0 aromatic heterocycles. The molecular weight excluding hydrogens is 374 g/mol. The summed E-state index contributed by atoms with van der Waals surface area (Å²) in [6.07, 6.45) is 0.901. The van der Waals surface area contributed by atoms with E-state index in [9.17, 15) is 13.2 Å². The topological polar surface area (TPSA) is 87.6 Å². The Morgan fingerprint density at radius 2 is 1.85 bits per heavy atom. The number of rotatable bonds is 6. The van der Waals surface area contributed by atoms with Crippen LogP contribution >= 0.6 is 11.6 Å². The van der Waals surface area contributed by atoms with Crippen LogP contribution in [0, 0.1) is 0 Å². The van der Waals surface area contributed by atoms with Crippen LogP contribution in [-0.4, -0.2) is 33.3 Å². The predicted octanol–water partition coefficient (Wildman–Crippen LogP) is 2.13. The van der Waals surface area contributed by atoms with Gasteiger partial charge in [0.1, 0.15) is 5.84 Å². The Morgan fingerprint density at radius 3 is 2.62 bits per heavy atom. The standard InChI is InChI=1S/C18H18ClN3O3S/c19-14-7-5-13(6-8-14)9-11-20-17(23)10-12-21-18-15-3-1-2-4-16(15)26(24,25)22-18/h1-8H,9-12H2,(H,20,23)(H,21,22). The highest BCUT2D eigenvalue weighted by Crippen LogP contribution is 2.22. The van der Waals surface area contributed by atoms with Crippen molar-refractivity contribution in [2.75, 3.05) is 13.1 Å². The minimum absolute atomic E-state index is 0.127. The highest BCUT2D eigenvalue weighted by Gasteiger charge is 2.29. The zero-order chi connectivity index (χ0) is 18.6. The molecule has 2 aromatic rings. The number of nitrogens with one attached hydrogen (secondary N) is 2. The lowest BCUT2D eigenvalue weighted by molar-refractivity contribution is -0.120. The summed E-state index contributed by atoms with van der Waals surface area (Å²) in [6, 6.07) is 14.1. The van der Waals surface area contributed by atoms with E-state index in [1.165, 1.54) is 6.07 Å². The van der Waals surface area contributed by atoms with Crippen molar-refractivity contribution in [2.24, 2.45) is 4.99 Å². The maximum absolute atomic E-state index is 12.0. The first-order valence-electron chi connectivity index (χ1n) is 8.13. The van der Waals surface area contributed by atoms with Gasteiger partial charge in [-0.3, -0.25) is 14.5 Å². The van der Waals surface area contributed by atoms with Gasteiger partial charge in [-0.25, -0.2) is 8.42 Å². The maximum Gasteiger partial charge on any atom is 0.263 e. The number of amides is 1. The third kappa shape index (κ3) is 4.42. The number of hydrogen-bond acceptors (Lipinski definition) is 4. The second-order valence-electron chi connectivity index (χ2n) is 5.81. The van der Waals surface area contributed by atoms with Crippen LogP contribution in [0.25, 0.3) is 0 Å². The summed E-state index contributed by atoms with van der Waals surface area (Å²) in [7, 11) is -3.54. The molecule has 0 saturated heterocycles. The van der Waals surface area contributed by atoms with Crippen LogP contribution in [-0.2, 0) is 21.2 Å². The van der Waals surface area contributed by atoms with Crippen LogP contribution in [0.4, 0.5) is 0 Å². The molecule has 0 saturated carbocycles. The van der Waals surface area contributed by atoms with Crippen molar-refractivity contribution in [3.63, 3.8) is 0 Å². The first-order chi connectivity index (χ1) is 12.5. The summed E-state index contributed by atoms with van der Waals surface area (Å²) < 4.78 is 26.4. The van der Waals surface area contributed by atoms with Crippen molar-refractivity contribution in [3.05, 3.63) is 64.7 Å². The molecule has 2 N–H and O–H groups in total. The lowest BCUT2D eigenvalue weighted by Gasteiger charge is -2.05. The van der Waals surface area contributed by atoms with E-state index < -0.39 is 10.0 Å². The SMILES string of the molecule is O=C(CCN=C1NS(=O)(=O)c2ccccc21)NCCc1ccc(Cl)cc1. The van der Waals surface area contributed by atoms with E-state index in [-0.39, 0.29) is 29.6 Å². The third-order valence-electron chi connectivity index (χ3n) is 3.92. The van der Waals surface area contributed by atoms with Crippen molar-refractivity contribution in [2.45, 2.75) is 17.7 Å². The lowest BCUT2D eigenvalue weighted by atomic mass is 10.1. The third-order valence-corrected chi connectivity index (χ3v) is 5.57. The second kappa shape index (κ2) is 7.88. The summed E-state index contributed by atoms with van der Waals surface area (Å²) in [5.41, 5.74) is 1.63. The molecule has 26 heavy (non-hydrogen) atoms. The molecule has 3 rings (SSSR count). The molecule has 0 radical (unpaired) electrons. The molecule has 0 spiro atoms. The van der Waals surface area contributed by atoms with E-state index in [4.69, 9.17) is 11.6 Å². The molecule has 1 heterocycles. The smallest absolute Gasteiger partial charge is 0.263 e. The van der Waals surface area contributed by atoms with Crippen LogP contribution in [0.1, 0.15) is 17.5 Å². The number of carbonyl (C=O) groups is 1. The number of amidine groups is 1. The molecule has 6 nitrogen and oxygen atoms in total. The van der Waals surface area contributed by atoms with Crippen molar-refractivity contribution >= 4 is 33.4 Å². The molecule has 2 aromatic carbocycles. The highest BCUT2D eigenvalue weighted by molar-refractivity contribution is 7.90. The van der Waals surface area contributed by atoms with E-state index in [0.29, 0.717) is 23.6 Å². The quantitative estimate of drug-likeness (QED) is 0.790. The summed E-state index contributed by atoms with van der Waals surface area (Å²) >= 11 is 5.83. The number of sulfonamides is 1. The first-order valence-corrected chi connectivity index (χ1v) is 10.00. The summed E-state index contributed by atoms with van der Waals surface area (Å²) in [4.78, 5) is 16.3. The fourth-order valence-electron chi connectivity index (χ4n) is 2.61. The molecule has 0 aliphatic carbocycles. The Hall–Kier alpha value is -2.38. The molecule has 136 valence electrons. The minimum atomic E-state index is -3.54. The summed E-state index contributed by atoms with van der Waals surface area (Å²) in [5, 5.41) is 3.51. The first kappa shape index (κ1) is 18.4. The van der Waals surface area contributed by atoms with E-state index in [1.54, 1.807) is 18.2 Å². The van der Waals surface area contributed by atoms with Crippen molar-refractivity contribution in [1.29, 1.82) is 0 Å². The Labute approximate surface area is 157 Å². The van der Waals surface area contributed by atoms with Crippen LogP contribution in [0.3, 0.4) is 0 Å². The normalized spacial score (nSPS) is 16.1. The number of hydrogen-bond donors (Lipinski definition) is 2. The molecule has 0 atom stereocenters. The van der Waals surface area contributed by atoms with Crippen LogP contribution in [0.15, 0.2) is 58.4 Å². The number of benzene rings is 2. The zero-order valence-corrected chi connectivity index (χ0v) is 15.5. The van der Waals surface area contributed by atoms with Crippen molar-refractivity contribution in [1.82, 2.24) is 10.0 Å². The molecule has 1 amide bonds. The fourth-order valence-corrected chi connectivity index (χ4v) is 3.98. The van der Waals surface area contributed by atoms with E-state index in [1.807, 2.05) is 24.3 Å². The second-order valence-corrected chi connectivity index (χ2v) is 7.90. The van der Waals surface area contributed by atoms with Crippen molar-refractivity contribution < 1.29 is 13.2 Å². The van der Waals surface area contributed by atoms with Gasteiger partial charge in [0, 0.05) is 23.6 Å². The van der Waals surface area contributed by atoms with Gasteiger partial charge in [0.15, 0.2) is 0 Å². The van der Waals surface area contributed by atoms with Gasteiger partial charge in [-0.05, 0) is 36.2 Å². The van der Waals surface area contributed by atoms with Crippen LogP contribution < -0.4 is 10.0 Å². The Kier molecular flexibility index (Phi) is 5.58. The molecule has 8 heteroatoms. The van der Waals surface area contributed by atoms with Gasteiger partial charge in [0.25, 0.3) is 10.0 Å². The monoisotopic (exact) mass is 391 g/mol. The van der Waals surface area contributed by atoms with Crippen LogP contribution in [0.2, 0.25) is 5.02 Å². The maximum atomic E-state index is 12.0. The number of nitrogens with zero attached hydrogens (tertiary/aromatic N) is 1. The summed E-state index contributed by atoms with van der Waals surface area (Å²) in [5.74, 6) is 0.159. The van der Waals surface area contributed by atoms with Gasteiger partial charge in [-0.15, -0.1) is 0 Å². The van der Waals surface area contributed by atoms with E-state index in [0.717, 1.165) is 5.56 Å². The minimum Gasteiger partial charge on any atom is -0.356 e. The van der Waals surface area contributed by atoms with Gasteiger partial charge in [-0.1, -0.05) is 35.9 Å². The predicted molar refractivity (Wildman–Crippen MR) is 101 cm³/mol. The van der Waals surface area contributed by atoms with Gasteiger partial charge in [0.2, 0.25) is 5.91 Å². The Bertz CT molecular complexity index is 940. The Morgan fingerprint density at radius 1 is 1.12 bits per heavy atom. The average Bonchev–Trinajstić information content (AvgIpc) is 2.88. The fraction of sp³-hybridized carbons (Fsp3) is 0.222. The number of fused-ring (bicyclic) bond motifs is 1. The summed E-state index contributed by atoms with van der Waals surface area (Å²) in [6.45, 7) is 0.728. The lowest BCUT2D eigenvalue weighted by Crippen LogP contribution is -2.27. The van der Waals surface area contributed by atoms with Gasteiger partial charge < -0.3 is 5.32 Å². The molecule has 1 aliphatic heterocycles. The van der Waals surface area contributed by atoms with Crippen LogP contribution in [0.5, 0.6) is 0 Å². The zero-order valence-electron chi connectivity index (χ0n) is 13.9. The van der Waals surface area contributed by atoms with E-state index >= 15 is 0 Å². The largest absolute Gasteiger partial charge is 0.356 e. The Balaban J connectivity index is 1.48. The molecule has 0 bridgehead atoms. The number of halogens is 1. The molecule has 0 unspecified atom stereocenters.